The van der Waals surface area contributed by atoms with Crippen LogP contribution in [0.4, 0.5) is 0 Å². The van der Waals surface area contributed by atoms with Crippen LogP contribution in [0.2, 0.25) is 0 Å². The molecule has 1 heterocycles. The monoisotopic (exact) mass is 986 g/mol. The molecule has 404 valence electrons. The third kappa shape index (κ3) is 35.3. The van der Waals surface area contributed by atoms with E-state index in [0.29, 0.717) is 19.3 Å². The molecule has 1 amide bonds. The van der Waals surface area contributed by atoms with E-state index in [0.717, 1.165) is 70.6 Å². The van der Waals surface area contributed by atoms with Crippen molar-refractivity contribution in [2.24, 2.45) is 0 Å². The van der Waals surface area contributed by atoms with Crippen LogP contribution in [0.15, 0.2) is 72.9 Å². The Morgan fingerprint density at radius 2 is 0.986 bits per heavy atom. The molecule has 11 heteroatoms. The van der Waals surface area contributed by atoms with Gasteiger partial charge in [0, 0.05) is 6.42 Å². The summed E-state index contributed by atoms with van der Waals surface area (Å²) in [5, 5.41) is 56.7. The molecule has 0 spiro atoms. The van der Waals surface area contributed by atoms with Crippen LogP contribution in [-0.2, 0) is 23.8 Å². The maximum absolute atomic E-state index is 13.3. The van der Waals surface area contributed by atoms with E-state index in [-0.39, 0.29) is 19.4 Å². The zero-order valence-corrected chi connectivity index (χ0v) is 44.4. The molecule has 11 nitrogen and oxygen atoms in total. The van der Waals surface area contributed by atoms with Gasteiger partial charge in [0.1, 0.15) is 24.4 Å². The summed E-state index contributed by atoms with van der Waals surface area (Å²) in [5.74, 6) is -1.28. The number of carbonyl (C=O) groups excluding carboxylic acids is 2. The number of unbranched alkanes of at least 4 members (excludes halogenated alkanes) is 22. The number of esters is 1. The molecule has 1 rings (SSSR count). The molecule has 0 aromatic carbocycles. The van der Waals surface area contributed by atoms with Crippen molar-refractivity contribution in [1.29, 1.82) is 0 Å². The molecule has 8 atom stereocenters. The van der Waals surface area contributed by atoms with Crippen molar-refractivity contribution in [2.75, 3.05) is 13.2 Å². The van der Waals surface area contributed by atoms with E-state index in [1.165, 1.54) is 103 Å². The van der Waals surface area contributed by atoms with Crippen molar-refractivity contribution in [3.8, 4) is 0 Å². The molecule has 1 aliphatic heterocycles. The molecule has 0 saturated carbocycles. The first-order valence-electron chi connectivity index (χ1n) is 28.2. The minimum Gasteiger partial charge on any atom is -0.454 e. The van der Waals surface area contributed by atoms with Gasteiger partial charge in [-0.25, -0.2) is 0 Å². The first kappa shape index (κ1) is 65.1. The van der Waals surface area contributed by atoms with Gasteiger partial charge in [-0.1, -0.05) is 203 Å². The fourth-order valence-corrected chi connectivity index (χ4v) is 8.28. The number of aliphatic hydroxyl groups excluding tert-OH is 5. The Hall–Kier alpha value is -2.90. The number of ether oxygens (including phenoxy) is 3. The summed E-state index contributed by atoms with van der Waals surface area (Å²) < 4.78 is 17.5. The minimum absolute atomic E-state index is 0.0437. The topological polar surface area (TPSA) is 175 Å². The molecule has 0 aromatic heterocycles. The highest BCUT2D eigenvalue weighted by molar-refractivity contribution is 5.80. The molecule has 8 unspecified atom stereocenters. The Morgan fingerprint density at radius 3 is 1.51 bits per heavy atom. The number of hydrogen-bond donors (Lipinski definition) is 6. The Balaban J connectivity index is 2.78. The lowest BCUT2D eigenvalue weighted by molar-refractivity contribution is -0.305. The lowest BCUT2D eigenvalue weighted by Gasteiger charge is -2.41. The average Bonchev–Trinajstić information content (AvgIpc) is 3.36. The average molecular weight is 986 g/mol. The van der Waals surface area contributed by atoms with E-state index in [1.54, 1.807) is 6.08 Å². The third-order valence-electron chi connectivity index (χ3n) is 12.8. The molecule has 1 fully saturated rings. The predicted octanol–water partition coefficient (Wildman–Crippen LogP) is 12.4. The van der Waals surface area contributed by atoms with Crippen LogP contribution in [0.3, 0.4) is 0 Å². The summed E-state index contributed by atoms with van der Waals surface area (Å²) in [7, 11) is 0. The summed E-state index contributed by atoms with van der Waals surface area (Å²) in [5.41, 5.74) is 0. The second-order valence-electron chi connectivity index (χ2n) is 19.3. The van der Waals surface area contributed by atoms with Crippen LogP contribution < -0.4 is 5.32 Å². The number of carbonyl (C=O) groups is 2. The summed E-state index contributed by atoms with van der Waals surface area (Å²) >= 11 is 0. The normalized spacial score (nSPS) is 20.3. The molecule has 0 aliphatic carbocycles. The van der Waals surface area contributed by atoms with E-state index in [2.05, 4.69) is 74.7 Å². The fraction of sp³-hybridized carbons (Fsp3) is 0.763. The lowest BCUT2D eigenvalue weighted by atomic mass is 9.99. The van der Waals surface area contributed by atoms with E-state index in [1.807, 2.05) is 18.2 Å². The standard InChI is InChI=1S/C59H103NO10/c1-4-7-10-13-16-19-22-24-25-26-27-29-32-35-38-41-44-47-54(64)70-57-56(66)55(65)53(48-61)69-59(57)68-49-50(51(62)45-42-39-36-33-30-21-18-15-12-9-6-3)60-58(67)52(63)46-43-40-37-34-31-28-23-20-17-14-11-8-5-2/h16,19,24-25,27,29,31,34-35,38,42,45,50-53,55-57,59,61-63,65-66H,4-15,17-18,20-23,26,28,30,32-33,36-37,39-41,43-44,46-49H2,1-3H3,(H,60,67)/b19-16-,25-24-,29-27-,34-31-,38-35-,45-42+. The van der Waals surface area contributed by atoms with Crippen molar-refractivity contribution in [3.05, 3.63) is 72.9 Å². The predicted molar refractivity (Wildman–Crippen MR) is 287 cm³/mol. The lowest BCUT2D eigenvalue weighted by Crippen LogP contribution is -2.61. The van der Waals surface area contributed by atoms with Gasteiger partial charge in [-0.2, -0.15) is 0 Å². The van der Waals surface area contributed by atoms with Gasteiger partial charge in [-0.15, -0.1) is 0 Å². The fourth-order valence-electron chi connectivity index (χ4n) is 8.28. The number of amides is 1. The SMILES string of the molecule is CCCCC/C=C\C/C=C\C/C=C\C/C=C\CCCC(=O)OC1C(OCC(NC(=O)C(O)CCCC/C=C\CCCCCCCCC)C(O)/C=C/CCCCCCCCCCC)OC(CO)C(O)C1O. The number of rotatable bonds is 46. The van der Waals surface area contributed by atoms with Gasteiger partial charge < -0.3 is 45.1 Å². The maximum Gasteiger partial charge on any atom is 0.306 e. The molecular formula is C59H103NO10. The van der Waals surface area contributed by atoms with E-state index >= 15 is 0 Å². The largest absolute Gasteiger partial charge is 0.454 e. The van der Waals surface area contributed by atoms with Crippen LogP contribution in [-0.4, -0.2) is 99.6 Å². The summed E-state index contributed by atoms with van der Waals surface area (Å²) in [6, 6.07) is -1.04. The molecule has 70 heavy (non-hydrogen) atoms. The van der Waals surface area contributed by atoms with Crippen molar-refractivity contribution in [3.63, 3.8) is 0 Å². The van der Waals surface area contributed by atoms with E-state index in [9.17, 15) is 35.1 Å². The highest BCUT2D eigenvalue weighted by Crippen LogP contribution is 2.26. The number of allylic oxidation sites excluding steroid dienone is 11. The van der Waals surface area contributed by atoms with E-state index in [4.69, 9.17) is 14.2 Å². The van der Waals surface area contributed by atoms with Gasteiger partial charge in [0.15, 0.2) is 12.4 Å². The van der Waals surface area contributed by atoms with Crippen molar-refractivity contribution >= 4 is 11.9 Å². The molecule has 0 aromatic rings. The second-order valence-corrected chi connectivity index (χ2v) is 19.3. The molecule has 0 radical (unpaired) electrons. The number of aliphatic hydroxyl groups is 5. The Kier molecular flexibility index (Phi) is 43.8. The van der Waals surface area contributed by atoms with Gasteiger partial charge >= 0.3 is 5.97 Å². The third-order valence-corrected chi connectivity index (χ3v) is 12.8. The Bertz CT molecular complexity index is 1410. The van der Waals surface area contributed by atoms with Crippen molar-refractivity contribution in [1.82, 2.24) is 5.32 Å². The number of hydrogen-bond acceptors (Lipinski definition) is 10. The summed E-state index contributed by atoms with van der Waals surface area (Å²) in [4.78, 5) is 26.4. The van der Waals surface area contributed by atoms with Crippen LogP contribution in [0.5, 0.6) is 0 Å². The Morgan fingerprint density at radius 1 is 0.557 bits per heavy atom. The van der Waals surface area contributed by atoms with Crippen LogP contribution in [0.25, 0.3) is 0 Å². The van der Waals surface area contributed by atoms with Gasteiger partial charge in [0.2, 0.25) is 5.91 Å². The minimum atomic E-state index is -1.64. The van der Waals surface area contributed by atoms with Gasteiger partial charge in [0.25, 0.3) is 0 Å². The van der Waals surface area contributed by atoms with Crippen molar-refractivity contribution < 1.29 is 49.3 Å². The van der Waals surface area contributed by atoms with Crippen LogP contribution >= 0.6 is 0 Å². The molecule has 0 bridgehead atoms. The van der Waals surface area contributed by atoms with Gasteiger partial charge in [-0.3, -0.25) is 9.59 Å². The molecule has 1 aliphatic rings. The van der Waals surface area contributed by atoms with Crippen LogP contribution in [0, 0.1) is 0 Å². The highest BCUT2D eigenvalue weighted by Gasteiger charge is 2.47. The zero-order chi connectivity index (χ0) is 51.1. The van der Waals surface area contributed by atoms with Crippen molar-refractivity contribution in [2.45, 2.75) is 275 Å². The van der Waals surface area contributed by atoms with Crippen LogP contribution in [0.1, 0.15) is 226 Å². The molecule has 1 saturated heterocycles. The summed E-state index contributed by atoms with van der Waals surface area (Å²) in [6.45, 7) is 5.68. The van der Waals surface area contributed by atoms with Gasteiger partial charge in [0.05, 0.1) is 25.4 Å². The molecular weight excluding hydrogens is 883 g/mol. The highest BCUT2D eigenvalue weighted by atomic mass is 16.7. The maximum atomic E-state index is 13.3. The van der Waals surface area contributed by atoms with E-state index < -0.39 is 67.4 Å². The molecule has 6 N–H and O–H groups in total. The first-order chi connectivity index (χ1) is 34.2. The van der Waals surface area contributed by atoms with Gasteiger partial charge in [-0.05, 0) is 89.9 Å². The first-order valence-corrected chi connectivity index (χ1v) is 28.2. The zero-order valence-electron chi connectivity index (χ0n) is 44.4. The summed E-state index contributed by atoms with van der Waals surface area (Å²) in [6.07, 6.45) is 48.1. The smallest absolute Gasteiger partial charge is 0.306 e. The number of nitrogens with one attached hydrogen (secondary N) is 1. The second kappa shape index (κ2) is 47.1. The Labute approximate surface area is 426 Å². The quantitative estimate of drug-likeness (QED) is 0.0196.